The number of thioether (sulfide) groups is 1. The molecule has 1 aliphatic rings. The quantitative estimate of drug-likeness (QED) is 0.512. The van der Waals surface area contributed by atoms with E-state index in [2.05, 4.69) is 36.2 Å². The Kier molecular flexibility index (Phi) is 6.90. The lowest BCUT2D eigenvalue weighted by molar-refractivity contribution is -0.118. The van der Waals surface area contributed by atoms with Crippen LogP contribution in [0.5, 0.6) is 0 Å². The van der Waals surface area contributed by atoms with Crippen molar-refractivity contribution in [3.8, 4) is 0 Å². The first-order valence-corrected chi connectivity index (χ1v) is 10.4. The summed E-state index contributed by atoms with van der Waals surface area (Å²) in [6.07, 6.45) is 4.66. The fourth-order valence-corrected chi connectivity index (χ4v) is 4.47. The van der Waals surface area contributed by atoms with Crippen molar-refractivity contribution < 1.29 is 9.53 Å². The van der Waals surface area contributed by atoms with E-state index in [1.165, 1.54) is 17.3 Å². The molecular formula is C20H28N4O2S. The van der Waals surface area contributed by atoms with Crippen LogP contribution in [-0.2, 0) is 22.5 Å². The lowest BCUT2D eigenvalue weighted by Gasteiger charge is -2.33. The number of carbonyl (C=O) groups excluding carboxylic acids is 1. The molecule has 6 nitrogen and oxygen atoms in total. The monoisotopic (exact) mass is 388 g/mol. The Hall–Kier alpha value is -1.86. The normalized spacial score (nSPS) is 15.0. The molecular weight excluding hydrogens is 360 g/mol. The van der Waals surface area contributed by atoms with Gasteiger partial charge in [-0.1, -0.05) is 43.8 Å². The number of hydrogen-bond donors (Lipinski definition) is 0. The fraction of sp³-hybridized carbons (Fsp3) is 0.550. The molecule has 0 saturated carbocycles. The van der Waals surface area contributed by atoms with Gasteiger partial charge in [-0.3, -0.25) is 4.79 Å². The molecule has 0 N–H and O–H groups in total. The number of aryl methyl sites for hydroxylation is 2. The van der Waals surface area contributed by atoms with E-state index in [4.69, 9.17) is 4.74 Å². The Balaban J connectivity index is 1.77. The van der Waals surface area contributed by atoms with E-state index in [1.54, 1.807) is 13.4 Å². The van der Waals surface area contributed by atoms with Gasteiger partial charge in [0, 0.05) is 32.5 Å². The second kappa shape index (κ2) is 9.37. The van der Waals surface area contributed by atoms with Gasteiger partial charge in [0.15, 0.2) is 5.16 Å². The molecule has 0 fully saturated rings. The lowest BCUT2D eigenvalue weighted by Crippen LogP contribution is -2.43. The largest absolute Gasteiger partial charge is 0.385 e. The average Bonchev–Trinajstić information content (AvgIpc) is 3.12. The highest BCUT2D eigenvalue weighted by molar-refractivity contribution is 8.00. The molecule has 1 aliphatic heterocycles. The predicted molar refractivity (Wildman–Crippen MR) is 108 cm³/mol. The number of ether oxygens (including phenoxy) is 1. The first kappa shape index (κ1) is 19.9. The van der Waals surface area contributed by atoms with Crippen LogP contribution in [0.2, 0.25) is 0 Å². The zero-order chi connectivity index (χ0) is 19.2. The number of aromatic nitrogens is 3. The Morgan fingerprint density at radius 1 is 1.33 bits per heavy atom. The molecule has 1 unspecified atom stereocenters. The third kappa shape index (κ3) is 4.71. The van der Waals surface area contributed by atoms with Crippen molar-refractivity contribution in [2.45, 2.75) is 50.1 Å². The van der Waals surface area contributed by atoms with Crippen LogP contribution < -0.4 is 4.90 Å². The molecule has 146 valence electrons. The summed E-state index contributed by atoms with van der Waals surface area (Å²) in [4.78, 5) is 15.4. The van der Waals surface area contributed by atoms with E-state index in [0.717, 1.165) is 43.2 Å². The third-order valence-electron chi connectivity index (χ3n) is 4.79. The second-order valence-corrected chi connectivity index (χ2v) is 8.27. The second-order valence-electron chi connectivity index (χ2n) is 7.16. The number of nitrogens with zero attached hydrogens (tertiary/aromatic N) is 4. The van der Waals surface area contributed by atoms with Crippen LogP contribution in [0.15, 0.2) is 35.7 Å². The predicted octanol–water partition coefficient (Wildman–Crippen LogP) is 3.41. The first-order valence-electron chi connectivity index (χ1n) is 9.54. The summed E-state index contributed by atoms with van der Waals surface area (Å²) in [5.41, 5.74) is 2.31. The highest BCUT2D eigenvalue weighted by atomic mass is 32.2. The Morgan fingerprint density at radius 2 is 2.15 bits per heavy atom. The fourth-order valence-electron chi connectivity index (χ4n) is 3.37. The average molecular weight is 389 g/mol. The molecule has 1 atom stereocenters. The molecule has 27 heavy (non-hydrogen) atoms. The highest BCUT2D eigenvalue weighted by Crippen LogP contribution is 2.33. The zero-order valence-electron chi connectivity index (χ0n) is 16.3. The first-order chi connectivity index (χ1) is 13.1. The molecule has 0 radical (unpaired) electrons. The standard InChI is InChI=1S/C20H28N4O2S/c1-15(2)18(27-20-22-21-14-23(20)11-7-13-26-3)19(25)24-12-6-9-16-8-4-5-10-17(16)24/h4-5,8,10,14-15,18H,6-7,9,11-13H2,1-3H3. The number of amides is 1. The van der Waals surface area contributed by atoms with Crippen LogP contribution in [-0.4, -0.2) is 46.2 Å². The highest BCUT2D eigenvalue weighted by Gasteiger charge is 2.32. The van der Waals surface area contributed by atoms with Crippen LogP contribution in [0, 0.1) is 5.92 Å². The van der Waals surface area contributed by atoms with Crippen molar-refractivity contribution in [2.75, 3.05) is 25.2 Å². The van der Waals surface area contributed by atoms with Gasteiger partial charge in [0.05, 0.1) is 5.25 Å². The van der Waals surface area contributed by atoms with Gasteiger partial charge in [0.25, 0.3) is 0 Å². The Labute approximate surface area is 165 Å². The number of hydrogen-bond acceptors (Lipinski definition) is 5. The van der Waals surface area contributed by atoms with Crippen LogP contribution in [0.25, 0.3) is 0 Å². The number of fused-ring (bicyclic) bond motifs is 1. The molecule has 0 aliphatic carbocycles. The molecule has 3 rings (SSSR count). The van der Waals surface area contributed by atoms with Crippen molar-refractivity contribution in [2.24, 2.45) is 5.92 Å². The van der Waals surface area contributed by atoms with Crippen molar-refractivity contribution in [1.29, 1.82) is 0 Å². The van der Waals surface area contributed by atoms with E-state index >= 15 is 0 Å². The van der Waals surface area contributed by atoms with E-state index < -0.39 is 0 Å². The summed E-state index contributed by atoms with van der Waals surface area (Å²) in [6, 6.07) is 8.23. The number of carbonyl (C=O) groups is 1. The maximum atomic E-state index is 13.4. The van der Waals surface area contributed by atoms with Crippen molar-refractivity contribution in [3.05, 3.63) is 36.2 Å². The third-order valence-corrected chi connectivity index (χ3v) is 6.31. The number of para-hydroxylation sites is 1. The summed E-state index contributed by atoms with van der Waals surface area (Å²) >= 11 is 1.52. The Bertz CT molecular complexity index is 762. The smallest absolute Gasteiger partial charge is 0.240 e. The molecule has 2 aromatic rings. The van der Waals surface area contributed by atoms with Gasteiger partial charge in [0.2, 0.25) is 5.91 Å². The summed E-state index contributed by atoms with van der Waals surface area (Å²) in [7, 11) is 1.70. The molecule has 0 saturated heterocycles. The van der Waals surface area contributed by atoms with Gasteiger partial charge in [-0.25, -0.2) is 0 Å². The SMILES string of the molecule is COCCCn1cnnc1SC(C(=O)N1CCCc2ccccc21)C(C)C. The van der Waals surface area contributed by atoms with Crippen molar-refractivity contribution in [3.63, 3.8) is 0 Å². The van der Waals surface area contributed by atoms with E-state index in [-0.39, 0.29) is 17.1 Å². The number of rotatable bonds is 8. The number of methoxy groups -OCH3 is 1. The number of anilines is 1. The maximum Gasteiger partial charge on any atom is 0.240 e. The maximum absolute atomic E-state index is 13.4. The zero-order valence-corrected chi connectivity index (χ0v) is 17.1. The topological polar surface area (TPSA) is 60.2 Å². The van der Waals surface area contributed by atoms with Gasteiger partial charge < -0.3 is 14.2 Å². The van der Waals surface area contributed by atoms with E-state index in [9.17, 15) is 4.79 Å². The molecule has 1 aromatic heterocycles. The van der Waals surface area contributed by atoms with Gasteiger partial charge in [0.1, 0.15) is 6.33 Å². The Morgan fingerprint density at radius 3 is 2.93 bits per heavy atom. The van der Waals surface area contributed by atoms with Gasteiger partial charge in [-0.05, 0) is 36.8 Å². The van der Waals surface area contributed by atoms with Crippen molar-refractivity contribution >= 4 is 23.4 Å². The minimum atomic E-state index is -0.193. The van der Waals surface area contributed by atoms with Crippen molar-refractivity contribution in [1.82, 2.24) is 14.8 Å². The molecule has 7 heteroatoms. The van der Waals surface area contributed by atoms with Crippen LogP contribution >= 0.6 is 11.8 Å². The van der Waals surface area contributed by atoms with E-state index in [0.29, 0.717) is 6.61 Å². The summed E-state index contributed by atoms with van der Waals surface area (Å²) in [6.45, 7) is 6.45. The van der Waals surface area contributed by atoms with Gasteiger partial charge >= 0.3 is 0 Å². The summed E-state index contributed by atoms with van der Waals surface area (Å²) in [5.74, 6) is 0.356. The minimum absolute atomic E-state index is 0.161. The van der Waals surface area contributed by atoms with E-state index in [1.807, 2.05) is 21.6 Å². The minimum Gasteiger partial charge on any atom is -0.385 e. The summed E-state index contributed by atoms with van der Waals surface area (Å²) in [5, 5.41) is 8.90. The van der Waals surface area contributed by atoms with Crippen LogP contribution in [0.1, 0.15) is 32.3 Å². The molecule has 0 bridgehead atoms. The summed E-state index contributed by atoms with van der Waals surface area (Å²) < 4.78 is 7.14. The van der Waals surface area contributed by atoms with Gasteiger partial charge in [-0.2, -0.15) is 0 Å². The van der Waals surface area contributed by atoms with Gasteiger partial charge in [-0.15, -0.1) is 10.2 Å². The molecule has 2 heterocycles. The lowest BCUT2D eigenvalue weighted by atomic mass is 10.0. The molecule has 1 aromatic carbocycles. The molecule has 1 amide bonds. The molecule has 0 spiro atoms. The van der Waals surface area contributed by atoms with Crippen LogP contribution in [0.4, 0.5) is 5.69 Å². The number of benzene rings is 1. The van der Waals surface area contributed by atoms with Crippen LogP contribution in [0.3, 0.4) is 0 Å².